The molecule has 0 saturated carbocycles. The lowest BCUT2D eigenvalue weighted by atomic mass is 10.1. The van der Waals surface area contributed by atoms with Crippen LogP contribution in [-0.2, 0) is 17.6 Å². The molecule has 4 nitrogen and oxygen atoms in total. The van der Waals surface area contributed by atoms with Gasteiger partial charge in [-0.05, 0) is 38.2 Å². The Balaban J connectivity index is 1.79. The predicted molar refractivity (Wildman–Crippen MR) is 75.5 cm³/mol. The van der Waals surface area contributed by atoms with Crippen LogP contribution in [0.2, 0.25) is 0 Å². The van der Waals surface area contributed by atoms with Gasteiger partial charge in [0.15, 0.2) is 0 Å². The quantitative estimate of drug-likeness (QED) is 0.834. The van der Waals surface area contributed by atoms with Crippen LogP contribution in [0.5, 0.6) is 0 Å². The Morgan fingerprint density at radius 1 is 1.21 bits per heavy atom. The van der Waals surface area contributed by atoms with Crippen LogP contribution in [0.1, 0.15) is 44.0 Å². The largest absolute Gasteiger partial charge is 0.378 e. The van der Waals surface area contributed by atoms with Crippen molar-refractivity contribution in [2.24, 2.45) is 0 Å². The molecule has 0 amide bonds. The van der Waals surface area contributed by atoms with Crippen molar-refractivity contribution in [2.45, 2.75) is 51.6 Å². The molecule has 1 aromatic rings. The Labute approximate surface area is 115 Å². The van der Waals surface area contributed by atoms with E-state index in [0.717, 1.165) is 49.9 Å². The molecule has 0 spiro atoms. The van der Waals surface area contributed by atoms with E-state index in [1.54, 1.807) is 0 Å². The molecule has 2 fully saturated rings. The van der Waals surface area contributed by atoms with Gasteiger partial charge in [0.25, 0.3) is 0 Å². The topological polar surface area (TPSA) is 38.2 Å². The summed E-state index contributed by atoms with van der Waals surface area (Å²) in [5.41, 5.74) is 2.31. The number of aromatic nitrogens is 2. The highest BCUT2D eigenvalue weighted by Gasteiger charge is 2.20. The lowest BCUT2D eigenvalue weighted by Gasteiger charge is -2.18. The molecule has 4 heteroatoms. The van der Waals surface area contributed by atoms with E-state index in [1.807, 2.05) is 0 Å². The highest BCUT2D eigenvalue weighted by Crippen LogP contribution is 2.20. The van der Waals surface area contributed by atoms with E-state index in [4.69, 9.17) is 9.72 Å². The second kappa shape index (κ2) is 5.87. The maximum Gasteiger partial charge on any atom is 0.225 e. The van der Waals surface area contributed by atoms with Crippen molar-refractivity contribution in [3.05, 3.63) is 17.5 Å². The fourth-order valence-electron chi connectivity index (χ4n) is 2.92. The highest BCUT2D eigenvalue weighted by molar-refractivity contribution is 5.34. The van der Waals surface area contributed by atoms with Gasteiger partial charge < -0.3 is 9.64 Å². The van der Waals surface area contributed by atoms with Gasteiger partial charge in [0.2, 0.25) is 5.95 Å². The van der Waals surface area contributed by atoms with Gasteiger partial charge in [-0.2, -0.15) is 0 Å². The summed E-state index contributed by atoms with van der Waals surface area (Å²) in [6, 6.07) is 2.15. The first-order chi connectivity index (χ1) is 9.35. The van der Waals surface area contributed by atoms with Crippen LogP contribution in [0.4, 0.5) is 5.95 Å². The van der Waals surface area contributed by atoms with Gasteiger partial charge in [0, 0.05) is 37.5 Å². The highest BCUT2D eigenvalue weighted by atomic mass is 16.5. The number of hydrogen-bond donors (Lipinski definition) is 0. The summed E-state index contributed by atoms with van der Waals surface area (Å²) in [7, 11) is 0. The molecule has 0 N–H and O–H groups in total. The molecular weight excluding hydrogens is 238 g/mol. The standard InChI is InChI=1S/C15H23N3O/c1-2-12-10-13(11-14-6-5-9-19-14)17-15(16-12)18-7-3-4-8-18/h10,14H,2-9,11H2,1H3. The van der Waals surface area contributed by atoms with Crippen molar-refractivity contribution in [3.63, 3.8) is 0 Å². The summed E-state index contributed by atoms with van der Waals surface area (Å²) in [4.78, 5) is 11.8. The minimum Gasteiger partial charge on any atom is -0.378 e. The van der Waals surface area contributed by atoms with Gasteiger partial charge in [-0.3, -0.25) is 0 Å². The van der Waals surface area contributed by atoms with Crippen molar-refractivity contribution >= 4 is 5.95 Å². The number of ether oxygens (including phenoxy) is 1. The summed E-state index contributed by atoms with van der Waals surface area (Å²) < 4.78 is 5.72. The molecule has 0 aliphatic carbocycles. The molecular formula is C15H23N3O. The van der Waals surface area contributed by atoms with Crippen molar-refractivity contribution in [3.8, 4) is 0 Å². The molecule has 1 aromatic heterocycles. The van der Waals surface area contributed by atoms with Crippen LogP contribution in [-0.4, -0.2) is 35.8 Å². The fourth-order valence-corrected chi connectivity index (χ4v) is 2.92. The fraction of sp³-hybridized carbons (Fsp3) is 0.733. The Hall–Kier alpha value is -1.16. The summed E-state index contributed by atoms with van der Waals surface area (Å²) in [6.07, 6.45) is 7.17. The smallest absolute Gasteiger partial charge is 0.225 e. The van der Waals surface area contributed by atoms with E-state index >= 15 is 0 Å². The molecule has 2 saturated heterocycles. The zero-order valence-electron chi connectivity index (χ0n) is 11.8. The number of nitrogens with zero attached hydrogens (tertiary/aromatic N) is 3. The number of aryl methyl sites for hydroxylation is 1. The van der Waals surface area contributed by atoms with Crippen LogP contribution in [0, 0.1) is 0 Å². The van der Waals surface area contributed by atoms with E-state index in [1.165, 1.54) is 25.7 Å². The molecule has 3 rings (SSSR count). The summed E-state index contributed by atoms with van der Waals surface area (Å²) in [5.74, 6) is 0.935. The maximum absolute atomic E-state index is 5.72. The van der Waals surface area contributed by atoms with Crippen molar-refractivity contribution in [2.75, 3.05) is 24.6 Å². The van der Waals surface area contributed by atoms with Crippen LogP contribution in [0.15, 0.2) is 6.07 Å². The Kier molecular flexibility index (Phi) is 3.97. The molecule has 1 unspecified atom stereocenters. The van der Waals surface area contributed by atoms with E-state index in [0.29, 0.717) is 6.10 Å². The van der Waals surface area contributed by atoms with Gasteiger partial charge in [0.05, 0.1) is 6.10 Å². The second-order valence-corrected chi connectivity index (χ2v) is 5.54. The van der Waals surface area contributed by atoms with Gasteiger partial charge in [-0.15, -0.1) is 0 Å². The summed E-state index contributed by atoms with van der Waals surface area (Å²) >= 11 is 0. The van der Waals surface area contributed by atoms with Crippen LogP contribution in [0.25, 0.3) is 0 Å². The molecule has 1 atom stereocenters. The van der Waals surface area contributed by atoms with Crippen LogP contribution >= 0.6 is 0 Å². The summed E-state index contributed by atoms with van der Waals surface area (Å²) in [5, 5.41) is 0. The number of anilines is 1. The lowest BCUT2D eigenvalue weighted by Crippen LogP contribution is -2.22. The maximum atomic E-state index is 5.72. The average Bonchev–Trinajstić information content (AvgIpc) is 3.11. The third-order valence-electron chi connectivity index (χ3n) is 4.03. The zero-order chi connectivity index (χ0) is 13.1. The Morgan fingerprint density at radius 3 is 2.68 bits per heavy atom. The molecule has 3 heterocycles. The van der Waals surface area contributed by atoms with Gasteiger partial charge in [-0.25, -0.2) is 9.97 Å². The first-order valence-electron chi connectivity index (χ1n) is 7.58. The van der Waals surface area contributed by atoms with Gasteiger partial charge >= 0.3 is 0 Å². The number of rotatable bonds is 4. The predicted octanol–water partition coefficient (Wildman–Crippen LogP) is 2.36. The zero-order valence-corrected chi connectivity index (χ0v) is 11.8. The van der Waals surface area contributed by atoms with Crippen molar-refractivity contribution in [1.29, 1.82) is 0 Å². The van der Waals surface area contributed by atoms with Gasteiger partial charge in [0.1, 0.15) is 0 Å². The SMILES string of the molecule is CCc1cc(CC2CCCO2)nc(N2CCCC2)n1. The van der Waals surface area contributed by atoms with E-state index < -0.39 is 0 Å². The minimum atomic E-state index is 0.367. The van der Waals surface area contributed by atoms with E-state index in [9.17, 15) is 0 Å². The van der Waals surface area contributed by atoms with Crippen LogP contribution < -0.4 is 4.90 Å². The molecule has 0 aromatic carbocycles. The first kappa shape index (κ1) is 12.9. The molecule has 0 radical (unpaired) electrons. The normalized spacial score (nSPS) is 23.2. The Bertz CT molecular complexity index is 423. The van der Waals surface area contributed by atoms with Crippen LogP contribution in [0.3, 0.4) is 0 Å². The number of hydrogen-bond acceptors (Lipinski definition) is 4. The van der Waals surface area contributed by atoms with E-state index in [-0.39, 0.29) is 0 Å². The third kappa shape index (κ3) is 3.06. The summed E-state index contributed by atoms with van der Waals surface area (Å²) in [6.45, 7) is 5.28. The minimum absolute atomic E-state index is 0.367. The molecule has 104 valence electrons. The van der Waals surface area contributed by atoms with E-state index in [2.05, 4.69) is 22.9 Å². The second-order valence-electron chi connectivity index (χ2n) is 5.54. The molecule has 19 heavy (non-hydrogen) atoms. The first-order valence-corrected chi connectivity index (χ1v) is 7.58. The monoisotopic (exact) mass is 261 g/mol. The molecule has 2 aliphatic heterocycles. The third-order valence-corrected chi connectivity index (χ3v) is 4.03. The molecule has 2 aliphatic rings. The molecule has 0 bridgehead atoms. The lowest BCUT2D eigenvalue weighted by molar-refractivity contribution is 0.110. The van der Waals surface area contributed by atoms with Crippen molar-refractivity contribution in [1.82, 2.24) is 9.97 Å². The van der Waals surface area contributed by atoms with Crippen molar-refractivity contribution < 1.29 is 4.74 Å². The van der Waals surface area contributed by atoms with Gasteiger partial charge in [-0.1, -0.05) is 6.92 Å². The average molecular weight is 261 g/mol. The Morgan fingerprint density at radius 2 is 2.00 bits per heavy atom.